The minimum atomic E-state index is -0.0804. The maximum absolute atomic E-state index is 12.9. The van der Waals surface area contributed by atoms with Crippen molar-refractivity contribution in [3.63, 3.8) is 0 Å². The Morgan fingerprint density at radius 3 is 2.96 bits per heavy atom. The van der Waals surface area contributed by atoms with Gasteiger partial charge in [0.1, 0.15) is 5.82 Å². The number of imidazole rings is 1. The Balaban J connectivity index is 1.51. The van der Waals surface area contributed by atoms with Crippen LogP contribution in [0.1, 0.15) is 52.3 Å². The first-order chi connectivity index (χ1) is 13.1. The van der Waals surface area contributed by atoms with Gasteiger partial charge in [-0.3, -0.25) is 9.78 Å². The zero-order valence-electron chi connectivity index (χ0n) is 15.6. The van der Waals surface area contributed by atoms with E-state index in [1.165, 1.54) is 0 Å². The summed E-state index contributed by atoms with van der Waals surface area (Å²) in [4.78, 5) is 27.7. The lowest BCUT2D eigenvalue weighted by molar-refractivity contribution is 0.0669. The molecule has 7 nitrogen and oxygen atoms in total. The van der Waals surface area contributed by atoms with Gasteiger partial charge in [-0.05, 0) is 31.4 Å². The number of likely N-dealkylation sites (tertiary alicyclic amines) is 1. The first kappa shape index (κ1) is 17.5. The van der Waals surface area contributed by atoms with Crippen LogP contribution in [0.5, 0.6) is 0 Å². The van der Waals surface area contributed by atoms with Gasteiger partial charge in [-0.1, -0.05) is 6.07 Å². The molecule has 0 aromatic carbocycles. The van der Waals surface area contributed by atoms with E-state index in [2.05, 4.69) is 25.6 Å². The minimum Gasteiger partial charge on any atom is -0.436 e. The Morgan fingerprint density at radius 2 is 2.22 bits per heavy atom. The molecule has 0 bridgehead atoms. The van der Waals surface area contributed by atoms with Crippen LogP contribution in [0, 0.1) is 13.8 Å². The van der Waals surface area contributed by atoms with Crippen molar-refractivity contribution >= 4 is 5.91 Å². The van der Waals surface area contributed by atoms with Crippen molar-refractivity contribution in [2.75, 3.05) is 13.1 Å². The van der Waals surface area contributed by atoms with Crippen LogP contribution in [0.15, 0.2) is 41.3 Å². The highest BCUT2D eigenvalue weighted by Crippen LogP contribution is 2.27. The number of nitrogens with zero attached hydrogens (tertiary/aromatic N) is 5. The molecule has 7 heteroatoms. The van der Waals surface area contributed by atoms with E-state index in [1.54, 1.807) is 13.1 Å². The number of amides is 1. The molecule has 4 heterocycles. The van der Waals surface area contributed by atoms with Crippen molar-refractivity contribution in [3.8, 4) is 0 Å². The van der Waals surface area contributed by atoms with Gasteiger partial charge < -0.3 is 13.9 Å². The summed E-state index contributed by atoms with van der Waals surface area (Å²) in [7, 11) is 0. The molecule has 0 spiro atoms. The van der Waals surface area contributed by atoms with Crippen LogP contribution in [0.4, 0.5) is 0 Å². The predicted molar refractivity (Wildman–Crippen MR) is 99.4 cm³/mol. The molecular formula is C20H23N5O2. The molecule has 0 N–H and O–H groups in total. The largest absolute Gasteiger partial charge is 0.436 e. The number of oxazole rings is 1. The van der Waals surface area contributed by atoms with Gasteiger partial charge in [0.2, 0.25) is 5.76 Å². The summed E-state index contributed by atoms with van der Waals surface area (Å²) < 4.78 is 7.68. The lowest BCUT2D eigenvalue weighted by Crippen LogP contribution is -2.40. The third-order valence-electron chi connectivity index (χ3n) is 4.99. The summed E-state index contributed by atoms with van der Waals surface area (Å²) in [5.41, 5.74) is 1.78. The number of carbonyl (C=O) groups excluding carboxylic acids is 1. The quantitative estimate of drug-likeness (QED) is 0.710. The lowest BCUT2D eigenvalue weighted by Gasteiger charge is -2.32. The Labute approximate surface area is 158 Å². The van der Waals surface area contributed by atoms with E-state index in [0.717, 1.165) is 37.3 Å². The molecule has 1 aliphatic rings. The van der Waals surface area contributed by atoms with Gasteiger partial charge >= 0.3 is 0 Å². The second-order valence-electron chi connectivity index (χ2n) is 7.01. The summed E-state index contributed by atoms with van der Waals surface area (Å²) in [6, 6.07) is 4.00. The van der Waals surface area contributed by atoms with Gasteiger partial charge in [0.15, 0.2) is 5.89 Å². The van der Waals surface area contributed by atoms with Gasteiger partial charge in [0.25, 0.3) is 5.91 Å². The lowest BCUT2D eigenvalue weighted by atomic mass is 9.96. The number of aromatic nitrogens is 4. The molecule has 3 aromatic rings. The highest BCUT2D eigenvalue weighted by molar-refractivity contribution is 5.92. The summed E-state index contributed by atoms with van der Waals surface area (Å²) in [5.74, 6) is 2.02. The summed E-state index contributed by atoms with van der Waals surface area (Å²) in [5, 5.41) is 0. The second-order valence-corrected chi connectivity index (χ2v) is 7.01. The van der Waals surface area contributed by atoms with Crippen molar-refractivity contribution in [3.05, 3.63) is 65.7 Å². The van der Waals surface area contributed by atoms with E-state index < -0.39 is 0 Å². The molecule has 1 amide bonds. The van der Waals surface area contributed by atoms with E-state index in [9.17, 15) is 4.79 Å². The van der Waals surface area contributed by atoms with Crippen LogP contribution in [-0.4, -0.2) is 43.4 Å². The number of aryl methyl sites for hydroxylation is 2. The number of rotatable bonds is 4. The summed E-state index contributed by atoms with van der Waals surface area (Å²) >= 11 is 0. The molecule has 0 unspecified atom stereocenters. The molecular weight excluding hydrogens is 342 g/mol. The van der Waals surface area contributed by atoms with E-state index in [0.29, 0.717) is 23.9 Å². The monoisotopic (exact) mass is 365 g/mol. The highest BCUT2D eigenvalue weighted by atomic mass is 16.4. The number of hydrogen-bond donors (Lipinski definition) is 0. The van der Waals surface area contributed by atoms with Gasteiger partial charge in [0.05, 0.1) is 12.2 Å². The fourth-order valence-corrected chi connectivity index (χ4v) is 3.75. The maximum atomic E-state index is 12.9. The highest BCUT2D eigenvalue weighted by Gasteiger charge is 2.30. The fourth-order valence-electron chi connectivity index (χ4n) is 3.75. The van der Waals surface area contributed by atoms with Gasteiger partial charge in [-0.15, -0.1) is 0 Å². The average molecular weight is 365 g/mol. The van der Waals surface area contributed by atoms with Crippen molar-refractivity contribution < 1.29 is 9.21 Å². The fraction of sp³-hybridized carbons (Fsp3) is 0.400. The van der Waals surface area contributed by atoms with Gasteiger partial charge in [0, 0.05) is 50.7 Å². The third kappa shape index (κ3) is 3.63. The Kier molecular flexibility index (Phi) is 4.75. The molecule has 0 saturated carbocycles. The van der Waals surface area contributed by atoms with Crippen LogP contribution in [-0.2, 0) is 6.54 Å². The average Bonchev–Trinajstić information content (AvgIpc) is 3.28. The molecule has 1 aliphatic heterocycles. The first-order valence-electron chi connectivity index (χ1n) is 9.25. The van der Waals surface area contributed by atoms with Gasteiger partial charge in [-0.25, -0.2) is 9.97 Å². The smallest absolute Gasteiger partial charge is 0.291 e. The number of piperidine rings is 1. The molecule has 140 valence electrons. The topological polar surface area (TPSA) is 77.1 Å². The van der Waals surface area contributed by atoms with Crippen LogP contribution in [0.25, 0.3) is 0 Å². The molecule has 0 aliphatic carbocycles. The number of carbonyl (C=O) groups is 1. The number of hydrogen-bond acceptors (Lipinski definition) is 5. The molecule has 1 fully saturated rings. The van der Waals surface area contributed by atoms with Crippen molar-refractivity contribution in [2.45, 2.75) is 39.2 Å². The van der Waals surface area contributed by atoms with Gasteiger partial charge in [-0.2, -0.15) is 0 Å². The van der Waals surface area contributed by atoms with Crippen LogP contribution in [0.2, 0.25) is 0 Å². The molecule has 4 rings (SSSR count). The predicted octanol–water partition coefficient (Wildman–Crippen LogP) is 2.95. The van der Waals surface area contributed by atoms with Crippen molar-refractivity contribution in [1.82, 2.24) is 24.4 Å². The van der Waals surface area contributed by atoms with Crippen molar-refractivity contribution in [1.29, 1.82) is 0 Å². The zero-order valence-corrected chi connectivity index (χ0v) is 15.6. The first-order valence-corrected chi connectivity index (χ1v) is 9.25. The normalized spacial score (nSPS) is 17.3. The van der Waals surface area contributed by atoms with E-state index >= 15 is 0 Å². The molecule has 3 aromatic heterocycles. The summed E-state index contributed by atoms with van der Waals surface area (Å²) in [6.07, 6.45) is 9.43. The second kappa shape index (κ2) is 7.34. The Bertz CT molecular complexity index is 931. The Hall–Kier alpha value is -2.96. The number of pyridine rings is 1. The molecule has 27 heavy (non-hydrogen) atoms. The van der Waals surface area contributed by atoms with Crippen LogP contribution in [0.3, 0.4) is 0 Å². The van der Waals surface area contributed by atoms with E-state index in [4.69, 9.17) is 4.42 Å². The minimum absolute atomic E-state index is 0.0804. The van der Waals surface area contributed by atoms with E-state index in [1.807, 2.05) is 36.5 Å². The molecule has 1 saturated heterocycles. The molecule has 0 radical (unpaired) electrons. The van der Waals surface area contributed by atoms with E-state index in [-0.39, 0.29) is 11.8 Å². The van der Waals surface area contributed by atoms with Crippen molar-refractivity contribution in [2.24, 2.45) is 0 Å². The van der Waals surface area contributed by atoms with Crippen LogP contribution < -0.4 is 0 Å². The SMILES string of the molecule is Cc1nc(C)c(C(=O)N2CCC[C@@H](c3nccn3Cc3cccnc3)C2)o1. The molecule has 1 atom stereocenters. The zero-order chi connectivity index (χ0) is 18.8. The standard InChI is InChI=1S/C20H23N5O2/c1-14-18(27-15(2)23-14)20(26)25-9-4-6-17(13-25)19-22-8-10-24(19)12-16-5-3-7-21-11-16/h3,5,7-8,10-11,17H,4,6,9,12-13H2,1-2H3/t17-/m1/s1. The maximum Gasteiger partial charge on any atom is 0.291 e. The third-order valence-corrected chi connectivity index (χ3v) is 4.99. The van der Waals surface area contributed by atoms with Crippen LogP contribution >= 0.6 is 0 Å². The Morgan fingerprint density at radius 1 is 1.33 bits per heavy atom. The summed E-state index contributed by atoms with van der Waals surface area (Å²) in [6.45, 7) is 5.68.